The number of hydrogen-bond acceptors (Lipinski definition) is 1. The van der Waals surface area contributed by atoms with E-state index in [1.165, 1.54) is 0 Å². The fourth-order valence-corrected chi connectivity index (χ4v) is 0.937. The van der Waals surface area contributed by atoms with Crippen molar-refractivity contribution in [1.29, 1.82) is 0 Å². The van der Waals surface area contributed by atoms with Crippen LogP contribution in [0.4, 0.5) is 0 Å². The van der Waals surface area contributed by atoms with E-state index in [-0.39, 0.29) is 4.95 Å². The van der Waals surface area contributed by atoms with Crippen molar-refractivity contribution in [3.05, 3.63) is 0 Å². The number of alkyl halides is 1. The smallest absolute Gasteiger partial charge is 0.310 e. The molecule has 53 valence electrons. The van der Waals surface area contributed by atoms with Crippen molar-refractivity contribution >= 4 is 22.3 Å². The molecule has 1 radical (unpaired) electrons. The van der Waals surface area contributed by atoms with Gasteiger partial charge in [0, 0.05) is 0 Å². The second-order valence-corrected chi connectivity index (χ2v) is 2.96. The van der Waals surface area contributed by atoms with Gasteiger partial charge in [0.05, 0.1) is 4.95 Å². The maximum atomic E-state index is 9.71. The number of unbranched alkanes of at least 4 members (excludes halogenated alkanes) is 1. The van der Waals surface area contributed by atoms with Crippen LogP contribution in [0.3, 0.4) is 0 Å². The summed E-state index contributed by atoms with van der Waals surface area (Å²) in [6, 6.07) is 0. The monoisotopic (exact) mass is 192 g/mol. The van der Waals surface area contributed by atoms with E-state index in [1.54, 1.807) is 6.41 Å². The number of carbonyl (C=O) groups excluding carboxylic acids is 1. The molecule has 0 aromatic rings. The maximum Gasteiger partial charge on any atom is 0.310 e. The molecular weight excluding hydrogens is 182 g/mol. The van der Waals surface area contributed by atoms with Crippen LogP contribution in [0.15, 0.2) is 0 Å². The Morgan fingerprint density at radius 3 is 2.89 bits per heavy atom. The highest BCUT2D eigenvalue weighted by Crippen LogP contribution is 2.04. The van der Waals surface area contributed by atoms with Crippen LogP contribution in [0, 0.1) is 0 Å². The highest BCUT2D eigenvalue weighted by atomic mass is 79.9. The van der Waals surface area contributed by atoms with Gasteiger partial charge in [0.1, 0.15) is 0 Å². The van der Waals surface area contributed by atoms with E-state index >= 15 is 0 Å². The van der Waals surface area contributed by atoms with Gasteiger partial charge in [-0.25, -0.2) is 0 Å². The van der Waals surface area contributed by atoms with Crippen LogP contribution >= 0.6 is 15.9 Å². The third-order valence-electron chi connectivity index (χ3n) is 1.03. The Kier molecular flexibility index (Phi) is 6.04. The molecule has 0 aliphatic rings. The molecule has 0 spiro atoms. The Bertz CT molecular complexity index is 77.5. The van der Waals surface area contributed by atoms with Gasteiger partial charge in [-0.3, -0.25) is 4.79 Å². The highest BCUT2D eigenvalue weighted by molar-refractivity contribution is 9.09. The maximum absolute atomic E-state index is 9.71. The molecule has 0 saturated heterocycles. The van der Waals surface area contributed by atoms with Crippen molar-refractivity contribution in [3.8, 4) is 0 Å². The van der Waals surface area contributed by atoms with Crippen molar-refractivity contribution in [2.45, 2.75) is 31.1 Å². The number of rotatable bonds is 5. The average Bonchev–Trinajstić information content (AvgIpc) is 1.85. The minimum absolute atomic E-state index is 0.106. The SMILES string of the molecule is CCCCC(Br)N[C]=O. The molecule has 9 heavy (non-hydrogen) atoms. The van der Waals surface area contributed by atoms with Gasteiger partial charge in [0.15, 0.2) is 0 Å². The lowest BCUT2D eigenvalue weighted by Crippen LogP contribution is -2.20. The fraction of sp³-hybridized carbons (Fsp3) is 0.833. The molecule has 1 atom stereocenters. The molecule has 0 aliphatic heterocycles. The number of nitrogens with one attached hydrogen (secondary N) is 1. The van der Waals surface area contributed by atoms with Crippen LogP contribution < -0.4 is 5.32 Å². The molecule has 0 aromatic heterocycles. The molecule has 0 heterocycles. The lowest BCUT2D eigenvalue weighted by Gasteiger charge is -2.04. The van der Waals surface area contributed by atoms with Gasteiger partial charge in [-0.1, -0.05) is 35.7 Å². The first-order chi connectivity index (χ1) is 4.31. The normalized spacial score (nSPS) is 12.7. The second kappa shape index (κ2) is 6.08. The third kappa shape index (κ3) is 5.83. The molecule has 0 aliphatic carbocycles. The molecule has 0 aromatic carbocycles. The average molecular weight is 193 g/mol. The standard InChI is InChI=1S/C6H11BrNO/c1-2-3-4-6(7)8-5-9/h6H,2-4H2,1H3,(H,8,9). The summed E-state index contributed by atoms with van der Waals surface area (Å²) >= 11 is 3.27. The zero-order valence-corrected chi connectivity index (χ0v) is 7.07. The molecule has 2 nitrogen and oxygen atoms in total. The molecular formula is C6H11BrNO. The summed E-state index contributed by atoms with van der Waals surface area (Å²) in [6.45, 7) is 2.12. The summed E-state index contributed by atoms with van der Waals surface area (Å²) in [5.41, 5.74) is 0. The van der Waals surface area contributed by atoms with Crippen molar-refractivity contribution in [1.82, 2.24) is 5.32 Å². The molecule has 0 saturated carbocycles. The molecule has 0 rings (SSSR count). The zero-order chi connectivity index (χ0) is 7.11. The molecule has 1 unspecified atom stereocenters. The highest BCUT2D eigenvalue weighted by Gasteiger charge is 1.98. The van der Waals surface area contributed by atoms with Gasteiger partial charge in [-0.15, -0.1) is 0 Å². The summed E-state index contributed by atoms with van der Waals surface area (Å²) < 4.78 is 0. The topological polar surface area (TPSA) is 29.1 Å². The van der Waals surface area contributed by atoms with E-state index in [4.69, 9.17) is 0 Å². The van der Waals surface area contributed by atoms with Crippen molar-refractivity contribution in [3.63, 3.8) is 0 Å². The number of hydrogen-bond donors (Lipinski definition) is 1. The quantitative estimate of drug-likeness (QED) is 0.400. The van der Waals surface area contributed by atoms with E-state index in [9.17, 15) is 4.79 Å². The first-order valence-corrected chi connectivity index (χ1v) is 3.99. The first-order valence-electron chi connectivity index (χ1n) is 3.08. The Morgan fingerprint density at radius 1 is 1.78 bits per heavy atom. The van der Waals surface area contributed by atoms with Gasteiger partial charge in [-0.05, 0) is 6.42 Å². The predicted molar refractivity (Wildman–Crippen MR) is 41.1 cm³/mol. The van der Waals surface area contributed by atoms with Crippen LogP contribution in [0.1, 0.15) is 26.2 Å². The lowest BCUT2D eigenvalue weighted by atomic mass is 10.2. The molecule has 1 N–H and O–H groups in total. The second-order valence-electron chi connectivity index (χ2n) is 1.86. The molecule has 0 fully saturated rings. The van der Waals surface area contributed by atoms with E-state index in [1.807, 2.05) is 0 Å². The largest absolute Gasteiger partial charge is 0.335 e. The molecule has 3 heteroatoms. The van der Waals surface area contributed by atoms with Crippen molar-refractivity contribution in [2.75, 3.05) is 0 Å². The summed E-state index contributed by atoms with van der Waals surface area (Å²) in [5.74, 6) is 0. The van der Waals surface area contributed by atoms with Gasteiger partial charge in [-0.2, -0.15) is 0 Å². The first kappa shape index (κ1) is 8.95. The van der Waals surface area contributed by atoms with Gasteiger partial charge in [0.2, 0.25) is 0 Å². The fourth-order valence-electron chi connectivity index (χ4n) is 0.519. The van der Waals surface area contributed by atoms with Crippen LogP contribution in [0.5, 0.6) is 0 Å². The Labute approximate surface area is 64.1 Å². The summed E-state index contributed by atoms with van der Waals surface area (Å²) in [5, 5.41) is 2.49. The predicted octanol–water partition coefficient (Wildman–Crippen LogP) is 1.55. The van der Waals surface area contributed by atoms with Gasteiger partial charge < -0.3 is 5.32 Å². The van der Waals surface area contributed by atoms with Gasteiger partial charge >= 0.3 is 6.41 Å². The Morgan fingerprint density at radius 2 is 2.44 bits per heavy atom. The van der Waals surface area contributed by atoms with Gasteiger partial charge in [0.25, 0.3) is 0 Å². The Hall–Kier alpha value is -0.0500. The van der Waals surface area contributed by atoms with E-state index in [0.29, 0.717) is 0 Å². The summed E-state index contributed by atoms with van der Waals surface area (Å²) in [6.07, 6.45) is 4.89. The van der Waals surface area contributed by atoms with Crippen LogP contribution in [-0.2, 0) is 4.79 Å². The minimum atomic E-state index is 0.106. The van der Waals surface area contributed by atoms with Crippen LogP contribution in [-0.4, -0.2) is 11.4 Å². The van der Waals surface area contributed by atoms with Crippen molar-refractivity contribution in [2.24, 2.45) is 0 Å². The number of amides is 1. The van der Waals surface area contributed by atoms with E-state index in [2.05, 4.69) is 28.2 Å². The summed E-state index contributed by atoms with van der Waals surface area (Å²) in [7, 11) is 0. The number of halogens is 1. The lowest BCUT2D eigenvalue weighted by molar-refractivity contribution is 0.534. The zero-order valence-electron chi connectivity index (χ0n) is 5.48. The van der Waals surface area contributed by atoms with Crippen LogP contribution in [0.25, 0.3) is 0 Å². The summed E-state index contributed by atoms with van der Waals surface area (Å²) in [4.78, 5) is 9.82. The Balaban J connectivity index is 3.04. The molecule has 1 amide bonds. The van der Waals surface area contributed by atoms with Crippen LogP contribution in [0.2, 0.25) is 0 Å². The van der Waals surface area contributed by atoms with E-state index in [0.717, 1.165) is 19.3 Å². The van der Waals surface area contributed by atoms with Crippen molar-refractivity contribution < 1.29 is 4.79 Å². The molecule has 0 bridgehead atoms. The van der Waals surface area contributed by atoms with E-state index < -0.39 is 0 Å². The third-order valence-corrected chi connectivity index (χ3v) is 1.71. The minimum Gasteiger partial charge on any atom is -0.335 e.